The number of aromatic nitrogens is 1. The van der Waals surface area contributed by atoms with Crippen molar-refractivity contribution >= 4 is 32.8 Å². The summed E-state index contributed by atoms with van der Waals surface area (Å²) in [5.41, 5.74) is 1.04. The smallest absolute Gasteiger partial charge is 0.325 e. The molecular weight excluding hydrogens is 470 g/mol. The number of carboxylic acids is 1. The molecule has 1 aliphatic rings. The van der Waals surface area contributed by atoms with Crippen LogP contribution in [0.1, 0.15) is 31.0 Å². The number of rotatable bonds is 7. The van der Waals surface area contributed by atoms with E-state index < -0.39 is 21.5 Å². The summed E-state index contributed by atoms with van der Waals surface area (Å²) in [6.07, 6.45) is -0.0245. The van der Waals surface area contributed by atoms with Crippen molar-refractivity contribution < 1.29 is 27.9 Å². The first-order valence-corrected chi connectivity index (χ1v) is 12.7. The number of carbonyl (C=O) groups excluding carboxylic acids is 1. The number of hydrogen-bond donors (Lipinski definition) is 2. The molecule has 3 aromatic rings. The number of carboxylic acid groups (broad SMARTS) is 1. The number of carbonyl (C=O) groups is 2. The first-order chi connectivity index (χ1) is 16.6. The molecule has 0 atom stereocenters. The Kier molecular flexibility index (Phi) is 6.77. The zero-order chi connectivity index (χ0) is 25.2. The standard InChI is InChI=1S/C25H27N3O6S/c1-17-15-19(22-5-3-4-6-23(22)26-17)16-34-20-7-9-21(10-8-20)35(32,33)27-25(24(30)31)11-13-28(14-12-25)18(2)29/h3-10,15,27H,11-14,16H2,1-2H3,(H,30,31). The van der Waals surface area contributed by atoms with Crippen LogP contribution in [0.15, 0.2) is 59.5 Å². The third-order valence-electron chi connectivity index (χ3n) is 6.26. The average molecular weight is 498 g/mol. The fourth-order valence-corrected chi connectivity index (χ4v) is 5.69. The van der Waals surface area contributed by atoms with Gasteiger partial charge < -0.3 is 14.7 Å². The summed E-state index contributed by atoms with van der Waals surface area (Å²) < 4.78 is 34.3. The molecule has 0 aliphatic carbocycles. The van der Waals surface area contributed by atoms with E-state index in [-0.39, 0.29) is 43.3 Å². The van der Waals surface area contributed by atoms with Gasteiger partial charge in [0.15, 0.2) is 0 Å². The normalized spacial score (nSPS) is 15.7. The molecule has 2 N–H and O–H groups in total. The highest BCUT2D eigenvalue weighted by molar-refractivity contribution is 7.89. The third-order valence-corrected chi connectivity index (χ3v) is 7.81. The Labute approximate surface area is 203 Å². The Hall–Kier alpha value is -3.50. The van der Waals surface area contributed by atoms with Crippen LogP contribution in [0.5, 0.6) is 5.75 Å². The number of aliphatic carboxylic acids is 1. The third kappa shape index (κ3) is 5.28. The van der Waals surface area contributed by atoms with Gasteiger partial charge in [-0.15, -0.1) is 0 Å². The number of nitrogens with one attached hydrogen (secondary N) is 1. The topological polar surface area (TPSA) is 126 Å². The summed E-state index contributed by atoms with van der Waals surface area (Å²) in [6.45, 7) is 3.93. The van der Waals surface area contributed by atoms with Crippen molar-refractivity contribution in [3.05, 3.63) is 65.9 Å². The second-order valence-corrected chi connectivity index (χ2v) is 10.4. The second kappa shape index (κ2) is 9.63. The number of aryl methyl sites for hydroxylation is 1. The minimum atomic E-state index is -4.12. The number of pyridine rings is 1. The summed E-state index contributed by atoms with van der Waals surface area (Å²) in [6, 6.07) is 15.6. The number of benzene rings is 2. The van der Waals surface area contributed by atoms with E-state index in [9.17, 15) is 23.1 Å². The number of hydrogen-bond acceptors (Lipinski definition) is 6. The van der Waals surface area contributed by atoms with Gasteiger partial charge >= 0.3 is 5.97 Å². The van der Waals surface area contributed by atoms with Crippen LogP contribution < -0.4 is 9.46 Å². The molecule has 0 radical (unpaired) electrons. The second-order valence-electron chi connectivity index (χ2n) is 8.70. The van der Waals surface area contributed by atoms with E-state index in [1.807, 2.05) is 37.3 Å². The molecule has 0 spiro atoms. The number of sulfonamides is 1. The molecule has 4 rings (SSSR count). The molecule has 1 amide bonds. The van der Waals surface area contributed by atoms with E-state index >= 15 is 0 Å². The van der Waals surface area contributed by atoms with Crippen LogP contribution in [0.3, 0.4) is 0 Å². The van der Waals surface area contributed by atoms with E-state index in [0.29, 0.717) is 5.75 Å². The molecule has 1 saturated heterocycles. The molecule has 1 fully saturated rings. The molecule has 184 valence electrons. The lowest BCUT2D eigenvalue weighted by atomic mass is 9.89. The molecule has 0 bridgehead atoms. The number of ether oxygens (including phenoxy) is 1. The summed E-state index contributed by atoms with van der Waals surface area (Å²) >= 11 is 0. The molecule has 1 aliphatic heterocycles. The molecule has 2 heterocycles. The van der Waals surface area contributed by atoms with Crippen molar-refractivity contribution in [2.75, 3.05) is 13.1 Å². The Bertz CT molecular complexity index is 1360. The maximum Gasteiger partial charge on any atom is 0.325 e. The fourth-order valence-electron chi connectivity index (χ4n) is 4.27. The molecule has 1 aromatic heterocycles. The number of piperidine rings is 1. The van der Waals surface area contributed by atoms with Gasteiger partial charge in [-0.2, -0.15) is 4.72 Å². The number of nitrogens with zero attached hydrogens (tertiary/aromatic N) is 2. The van der Waals surface area contributed by atoms with Gasteiger partial charge in [0.2, 0.25) is 15.9 Å². The van der Waals surface area contributed by atoms with Gasteiger partial charge in [0, 0.05) is 36.7 Å². The van der Waals surface area contributed by atoms with E-state index in [1.54, 1.807) is 0 Å². The average Bonchev–Trinajstić information content (AvgIpc) is 2.82. The number of para-hydroxylation sites is 1. The van der Waals surface area contributed by atoms with Crippen molar-refractivity contribution in [1.82, 2.24) is 14.6 Å². The lowest BCUT2D eigenvalue weighted by molar-refractivity contribution is -0.148. The monoisotopic (exact) mass is 497 g/mol. The maximum absolute atomic E-state index is 13.0. The SMILES string of the molecule is CC(=O)N1CCC(NS(=O)(=O)c2ccc(OCc3cc(C)nc4ccccc34)cc2)(C(=O)O)CC1. The number of fused-ring (bicyclic) bond motifs is 1. The van der Waals surface area contributed by atoms with Crippen molar-refractivity contribution in [2.45, 2.75) is 43.7 Å². The molecule has 0 saturated carbocycles. The zero-order valence-electron chi connectivity index (χ0n) is 19.5. The van der Waals surface area contributed by atoms with Crippen LogP contribution in [0.2, 0.25) is 0 Å². The number of amides is 1. The van der Waals surface area contributed by atoms with Crippen molar-refractivity contribution in [3.8, 4) is 5.75 Å². The van der Waals surface area contributed by atoms with Crippen LogP contribution in [-0.2, 0) is 26.2 Å². The van der Waals surface area contributed by atoms with Crippen molar-refractivity contribution in [1.29, 1.82) is 0 Å². The molecule has 2 aromatic carbocycles. The summed E-state index contributed by atoms with van der Waals surface area (Å²) in [5, 5.41) is 10.8. The quantitative estimate of drug-likeness (QED) is 0.514. The van der Waals surface area contributed by atoms with Gasteiger partial charge in [-0.05, 0) is 56.2 Å². The van der Waals surface area contributed by atoms with Crippen molar-refractivity contribution in [2.24, 2.45) is 0 Å². The fraction of sp³-hybridized carbons (Fsp3) is 0.320. The predicted octanol–water partition coefficient (Wildman–Crippen LogP) is 2.87. The van der Waals surface area contributed by atoms with Gasteiger partial charge in [-0.3, -0.25) is 14.6 Å². The lowest BCUT2D eigenvalue weighted by Gasteiger charge is -2.38. The predicted molar refractivity (Wildman–Crippen MR) is 129 cm³/mol. The first kappa shape index (κ1) is 24.6. The highest BCUT2D eigenvalue weighted by atomic mass is 32.2. The Balaban J connectivity index is 1.47. The molecule has 10 heteroatoms. The molecular formula is C25H27N3O6S. The van der Waals surface area contributed by atoms with Crippen LogP contribution >= 0.6 is 0 Å². The summed E-state index contributed by atoms with van der Waals surface area (Å²) in [7, 11) is -4.12. The zero-order valence-corrected chi connectivity index (χ0v) is 20.3. The van der Waals surface area contributed by atoms with Gasteiger partial charge in [0.05, 0.1) is 10.4 Å². The van der Waals surface area contributed by atoms with E-state index in [4.69, 9.17) is 4.74 Å². The van der Waals surface area contributed by atoms with Crippen LogP contribution in [0, 0.1) is 6.92 Å². The number of likely N-dealkylation sites (tertiary alicyclic amines) is 1. The Morgan fingerprint density at radius 2 is 1.77 bits per heavy atom. The maximum atomic E-state index is 13.0. The summed E-state index contributed by atoms with van der Waals surface area (Å²) in [4.78, 5) is 29.5. The molecule has 9 nitrogen and oxygen atoms in total. The highest BCUT2D eigenvalue weighted by Gasteiger charge is 2.45. The van der Waals surface area contributed by atoms with E-state index in [2.05, 4.69) is 9.71 Å². The van der Waals surface area contributed by atoms with Gasteiger partial charge in [0.1, 0.15) is 17.9 Å². The van der Waals surface area contributed by atoms with E-state index in [0.717, 1.165) is 22.2 Å². The van der Waals surface area contributed by atoms with Crippen LogP contribution in [0.25, 0.3) is 10.9 Å². The van der Waals surface area contributed by atoms with Gasteiger partial charge in [-0.25, -0.2) is 8.42 Å². The largest absolute Gasteiger partial charge is 0.489 e. The van der Waals surface area contributed by atoms with Crippen LogP contribution in [0.4, 0.5) is 0 Å². The minimum Gasteiger partial charge on any atom is -0.489 e. The van der Waals surface area contributed by atoms with Gasteiger partial charge in [0.25, 0.3) is 0 Å². The van der Waals surface area contributed by atoms with Crippen molar-refractivity contribution in [3.63, 3.8) is 0 Å². The van der Waals surface area contributed by atoms with Crippen LogP contribution in [-0.4, -0.2) is 53.9 Å². The minimum absolute atomic E-state index is 0.0123. The first-order valence-electron chi connectivity index (χ1n) is 11.2. The molecule has 0 unspecified atom stereocenters. The van der Waals surface area contributed by atoms with E-state index in [1.165, 1.54) is 36.1 Å². The Morgan fingerprint density at radius 1 is 1.11 bits per heavy atom. The summed E-state index contributed by atoms with van der Waals surface area (Å²) in [5.74, 6) is -0.952. The Morgan fingerprint density at radius 3 is 2.40 bits per heavy atom. The highest BCUT2D eigenvalue weighted by Crippen LogP contribution is 2.27. The van der Waals surface area contributed by atoms with Gasteiger partial charge in [-0.1, -0.05) is 18.2 Å². The lowest BCUT2D eigenvalue weighted by Crippen LogP contribution is -2.60. The molecule has 35 heavy (non-hydrogen) atoms.